The fourth-order valence-electron chi connectivity index (χ4n) is 4.18. The highest BCUT2D eigenvalue weighted by molar-refractivity contribution is 5.82. The van der Waals surface area contributed by atoms with Crippen molar-refractivity contribution in [1.82, 2.24) is 4.90 Å². The number of carbonyl (C=O) groups is 4. The van der Waals surface area contributed by atoms with E-state index < -0.39 is 0 Å². The van der Waals surface area contributed by atoms with E-state index >= 15 is 0 Å². The zero-order valence-corrected chi connectivity index (χ0v) is 18.8. The first kappa shape index (κ1) is 25.3. The summed E-state index contributed by atoms with van der Waals surface area (Å²) in [5.41, 5.74) is -0.505. The minimum Gasteiger partial charge on any atom is -0.464 e. The highest BCUT2D eigenvalue weighted by atomic mass is 16.5. The second-order valence-electron chi connectivity index (χ2n) is 9.11. The summed E-state index contributed by atoms with van der Waals surface area (Å²) < 4.78 is 11.0. The Kier molecular flexibility index (Phi) is 9.46. The van der Waals surface area contributed by atoms with E-state index in [9.17, 15) is 19.2 Å². The maximum Gasteiger partial charge on any atom is 0.306 e. The van der Waals surface area contributed by atoms with Crippen LogP contribution in [0.25, 0.3) is 0 Å². The lowest BCUT2D eigenvalue weighted by atomic mass is 9.78. The molecule has 0 spiro atoms. The molecule has 0 N–H and O–H groups in total. The van der Waals surface area contributed by atoms with E-state index in [-0.39, 0.29) is 73.0 Å². The van der Waals surface area contributed by atoms with Crippen molar-refractivity contribution >= 4 is 23.5 Å². The summed E-state index contributed by atoms with van der Waals surface area (Å²) in [6.45, 7) is 12.4. The summed E-state index contributed by atoms with van der Waals surface area (Å²) in [7, 11) is 0. The van der Waals surface area contributed by atoms with Crippen molar-refractivity contribution < 1.29 is 28.7 Å². The molecule has 0 aromatic heterocycles. The van der Waals surface area contributed by atoms with Gasteiger partial charge in [-0.25, -0.2) is 0 Å². The monoisotopic (exact) mass is 411 g/mol. The summed E-state index contributed by atoms with van der Waals surface area (Å²) >= 11 is 0. The maximum absolute atomic E-state index is 12.1. The Morgan fingerprint density at radius 1 is 0.897 bits per heavy atom. The standard InChI is InChI=1S/C22H37NO6/c1-7-17(25)9-11-20(27)29-18-14-21(3,4)23(22(5,6)15-18)12-13-28-19(26)10-8-16(2)24/h18H,7-15H2,1-6H3. The van der Waals surface area contributed by atoms with Crippen LogP contribution < -0.4 is 0 Å². The number of rotatable bonds is 11. The zero-order valence-electron chi connectivity index (χ0n) is 18.8. The van der Waals surface area contributed by atoms with Gasteiger partial charge < -0.3 is 14.3 Å². The van der Waals surface area contributed by atoms with Crippen LogP contribution in [0.4, 0.5) is 0 Å². The molecule has 0 unspecified atom stereocenters. The van der Waals surface area contributed by atoms with Crippen LogP contribution in [0, 0.1) is 0 Å². The first-order valence-electron chi connectivity index (χ1n) is 10.5. The fraction of sp³-hybridized carbons (Fsp3) is 0.818. The van der Waals surface area contributed by atoms with Crippen LogP contribution in [0.5, 0.6) is 0 Å². The molecule has 0 atom stereocenters. The van der Waals surface area contributed by atoms with E-state index in [1.165, 1.54) is 6.92 Å². The third kappa shape index (κ3) is 8.64. The molecule has 1 saturated heterocycles. The summed E-state index contributed by atoms with van der Waals surface area (Å²) in [5, 5.41) is 0. The first-order chi connectivity index (χ1) is 13.4. The van der Waals surface area contributed by atoms with Gasteiger partial charge in [0, 0.05) is 49.7 Å². The Balaban J connectivity index is 2.58. The van der Waals surface area contributed by atoms with Gasteiger partial charge in [0.25, 0.3) is 0 Å². The Bertz CT molecular complexity index is 592. The van der Waals surface area contributed by atoms with Gasteiger partial charge in [-0.1, -0.05) is 6.92 Å². The van der Waals surface area contributed by atoms with E-state index in [1.54, 1.807) is 6.92 Å². The molecule has 0 aliphatic carbocycles. The molecule has 1 heterocycles. The van der Waals surface area contributed by atoms with E-state index in [2.05, 4.69) is 32.6 Å². The van der Waals surface area contributed by atoms with Crippen LogP contribution in [0.2, 0.25) is 0 Å². The van der Waals surface area contributed by atoms with Gasteiger partial charge in [-0.2, -0.15) is 0 Å². The van der Waals surface area contributed by atoms with Gasteiger partial charge in [-0.15, -0.1) is 0 Å². The topological polar surface area (TPSA) is 90.0 Å². The van der Waals surface area contributed by atoms with Crippen molar-refractivity contribution in [3.63, 3.8) is 0 Å². The van der Waals surface area contributed by atoms with Crippen molar-refractivity contribution in [1.29, 1.82) is 0 Å². The molecule has 0 aromatic rings. The minimum absolute atomic E-state index is 0.0279. The Morgan fingerprint density at radius 3 is 1.97 bits per heavy atom. The van der Waals surface area contributed by atoms with Crippen LogP contribution >= 0.6 is 0 Å². The van der Waals surface area contributed by atoms with Crippen molar-refractivity contribution in [2.24, 2.45) is 0 Å². The molecule has 0 bridgehead atoms. The largest absolute Gasteiger partial charge is 0.464 e. The molecule has 7 nitrogen and oxygen atoms in total. The summed E-state index contributed by atoms with van der Waals surface area (Å²) in [5.74, 6) is -0.646. The lowest BCUT2D eigenvalue weighted by Gasteiger charge is -2.54. The van der Waals surface area contributed by atoms with Gasteiger partial charge in [0.05, 0.1) is 12.8 Å². The van der Waals surface area contributed by atoms with Crippen molar-refractivity contribution in [2.75, 3.05) is 13.2 Å². The van der Waals surface area contributed by atoms with E-state index in [4.69, 9.17) is 9.47 Å². The number of piperidine rings is 1. The normalized spacial score (nSPS) is 18.8. The first-order valence-corrected chi connectivity index (χ1v) is 10.5. The fourth-order valence-corrected chi connectivity index (χ4v) is 4.18. The third-order valence-corrected chi connectivity index (χ3v) is 5.48. The van der Waals surface area contributed by atoms with Crippen LogP contribution in [0.3, 0.4) is 0 Å². The van der Waals surface area contributed by atoms with Crippen molar-refractivity contribution in [3.05, 3.63) is 0 Å². The molecule has 0 aromatic carbocycles. The van der Waals surface area contributed by atoms with Crippen LogP contribution in [0.15, 0.2) is 0 Å². The molecule has 1 aliphatic heterocycles. The van der Waals surface area contributed by atoms with E-state index in [0.717, 1.165) is 0 Å². The highest BCUT2D eigenvalue weighted by Gasteiger charge is 2.46. The van der Waals surface area contributed by atoms with Gasteiger partial charge in [0.1, 0.15) is 24.3 Å². The Labute approximate surface area is 174 Å². The molecular formula is C22H37NO6. The Hall–Kier alpha value is -1.76. The number of hydrogen-bond donors (Lipinski definition) is 0. The summed E-state index contributed by atoms with van der Waals surface area (Å²) in [6, 6.07) is 0. The molecule has 1 fully saturated rings. The van der Waals surface area contributed by atoms with Crippen LogP contribution in [-0.2, 0) is 28.7 Å². The molecule has 0 saturated carbocycles. The van der Waals surface area contributed by atoms with Gasteiger partial charge in [-0.3, -0.25) is 19.3 Å². The quantitative estimate of drug-likeness (QED) is 0.482. The molecule has 29 heavy (non-hydrogen) atoms. The number of ketones is 2. The lowest BCUT2D eigenvalue weighted by molar-refractivity contribution is -0.163. The molecular weight excluding hydrogens is 374 g/mol. The number of nitrogens with zero attached hydrogens (tertiary/aromatic N) is 1. The second-order valence-corrected chi connectivity index (χ2v) is 9.11. The summed E-state index contributed by atoms with van der Waals surface area (Å²) in [4.78, 5) is 48.5. The van der Waals surface area contributed by atoms with Crippen molar-refractivity contribution in [3.8, 4) is 0 Å². The van der Waals surface area contributed by atoms with Gasteiger partial charge in [-0.05, 0) is 34.6 Å². The SMILES string of the molecule is CCC(=O)CCC(=O)OC1CC(C)(C)N(CCOC(=O)CCC(C)=O)C(C)(C)C1. The molecule has 0 radical (unpaired) electrons. The van der Waals surface area contributed by atoms with Crippen molar-refractivity contribution in [2.45, 2.75) is 104 Å². The molecule has 166 valence electrons. The lowest BCUT2D eigenvalue weighted by Crippen LogP contribution is -2.63. The highest BCUT2D eigenvalue weighted by Crippen LogP contribution is 2.39. The predicted octanol–water partition coefficient (Wildman–Crippen LogP) is 3.22. The second kappa shape index (κ2) is 10.9. The van der Waals surface area contributed by atoms with Crippen LogP contribution in [-0.4, -0.2) is 58.7 Å². The smallest absolute Gasteiger partial charge is 0.306 e. The van der Waals surface area contributed by atoms with Gasteiger partial charge in [0.15, 0.2) is 0 Å². The molecule has 1 aliphatic rings. The van der Waals surface area contributed by atoms with E-state index in [1.807, 2.05) is 0 Å². The van der Waals surface area contributed by atoms with Crippen LogP contribution in [0.1, 0.15) is 86.5 Å². The maximum atomic E-state index is 12.1. The number of carbonyl (C=O) groups excluding carboxylic acids is 4. The average Bonchev–Trinajstić information content (AvgIpc) is 2.59. The third-order valence-electron chi connectivity index (χ3n) is 5.48. The van der Waals surface area contributed by atoms with E-state index in [0.29, 0.717) is 25.8 Å². The summed E-state index contributed by atoms with van der Waals surface area (Å²) in [6.07, 6.45) is 2.24. The van der Waals surface area contributed by atoms with Gasteiger partial charge >= 0.3 is 11.9 Å². The number of likely N-dealkylation sites (tertiary alicyclic amines) is 1. The molecule has 1 rings (SSSR count). The number of ether oxygens (including phenoxy) is 2. The Morgan fingerprint density at radius 2 is 1.45 bits per heavy atom. The average molecular weight is 412 g/mol. The molecule has 7 heteroatoms. The zero-order chi connectivity index (χ0) is 22.2. The van der Waals surface area contributed by atoms with Gasteiger partial charge in [0.2, 0.25) is 0 Å². The molecule has 0 amide bonds. The number of Topliss-reactive ketones (excluding diaryl/α,β-unsaturated/α-hetero) is 2. The number of esters is 2. The predicted molar refractivity (Wildman–Crippen MR) is 109 cm³/mol. The number of hydrogen-bond acceptors (Lipinski definition) is 7. The minimum atomic E-state index is -0.360.